The van der Waals surface area contributed by atoms with Gasteiger partial charge in [-0.1, -0.05) is 17.7 Å². The lowest BCUT2D eigenvalue weighted by atomic mass is 10.00. The fourth-order valence-electron chi connectivity index (χ4n) is 2.17. The lowest BCUT2D eigenvalue weighted by Gasteiger charge is -2.04. The van der Waals surface area contributed by atoms with Crippen LogP contribution in [0.3, 0.4) is 0 Å². The minimum absolute atomic E-state index is 0.157. The van der Waals surface area contributed by atoms with Crippen molar-refractivity contribution in [3.8, 4) is 0 Å². The number of allylic oxidation sites excluding steroid dienone is 4. The van der Waals surface area contributed by atoms with Crippen molar-refractivity contribution in [1.82, 2.24) is 0 Å². The number of hydrogen-bond donors (Lipinski definition) is 0. The van der Waals surface area contributed by atoms with Crippen molar-refractivity contribution in [3.63, 3.8) is 0 Å². The molecule has 2 bridgehead atoms. The Hall–Kier alpha value is -0.850. The zero-order valence-electron chi connectivity index (χ0n) is 6.92. The largest absolute Gasteiger partial charge is 0.299 e. The summed E-state index contributed by atoms with van der Waals surface area (Å²) in [5, 5.41) is 0. The number of rotatable bonds is 0. The van der Waals surface area contributed by atoms with Crippen LogP contribution in [0.1, 0.15) is 20.3 Å². The Morgan fingerprint density at radius 2 is 2.18 bits per heavy atom. The first-order chi connectivity index (χ1) is 5.20. The van der Waals surface area contributed by atoms with Crippen molar-refractivity contribution in [2.45, 2.75) is 20.3 Å². The minimum atomic E-state index is 0.157. The van der Waals surface area contributed by atoms with Gasteiger partial charge in [0.15, 0.2) is 0 Å². The van der Waals surface area contributed by atoms with Crippen molar-refractivity contribution >= 4 is 5.78 Å². The van der Waals surface area contributed by atoms with Crippen LogP contribution in [0.25, 0.3) is 0 Å². The Bertz CT molecular complexity index is 267. The summed E-state index contributed by atoms with van der Waals surface area (Å²) >= 11 is 0. The second-order valence-corrected chi connectivity index (χ2v) is 3.59. The second-order valence-electron chi connectivity index (χ2n) is 3.59. The molecule has 0 amide bonds. The van der Waals surface area contributed by atoms with Crippen LogP contribution in [0.15, 0.2) is 23.3 Å². The molecule has 0 heterocycles. The van der Waals surface area contributed by atoms with Crippen molar-refractivity contribution in [3.05, 3.63) is 23.3 Å². The van der Waals surface area contributed by atoms with Crippen LogP contribution in [0.5, 0.6) is 0 Å². The summed E-state index contributed by atoms with van der Waals surface area (Å²) in [5.41, 5.74) is 2.70. The van der Waals surface area contributed by atoms with Crippen LogP contribution < -0.4 is 0 Å². The number of Topliss-reactive ketones (excluding diaryl/α,β-unsaturated/α-hetero) is 1. The maximum Gasteiger partial charge on any atom is 0.144 e. The Kier molecular flexibility index (Phi) is 1.28. The van der Waals surface area contributed by atoms with Gasteiger partial charge in [0.1, 0.15) is 5.78 Å². The van der Waals surface area contributed by atoms with E-state index < -0.39 is 0 Å². The van der Waals surface area contributed by atoms with E-state index in [4.69, 9.17) is 0 Å². The molecule has 0 saturated heterocycles. The molecule has 11 heavy (non-hydrogen) atoms. The van der Waals surface area contributed by atoms with Gasteiger partial charge in [0.2, 0.25) is 0 Å². The molecule has 0 aliphatic heterocycles. The highest BCUT2D eigenvalue weighted by Crippen LogP contribution is 2.42. The predicted molar refractivity (Wildman–Crippen MR) is 44.1 cm³/mol. The van der Waals surface area contributed by atoms with E-state index in [9.17, 15) is 4.79 Å². The van der Waals surface area contributed by atoms with E-state index in [1.165, 1.54) is 11.1 Å². The molecule has 0 N–H and O–H groups in total. The zero-order valence-corrected chi connectivity index (χ0v) is 6.92. The molecule has 2 atom stereocenters. The first-order valence-electron chi connectivity index (χ1n) is 4.08. The van der Waals surface area contributed by atoms with Crippen LogP contribution in [0.4, 0.5) is 0 Å². The lowest BCUT2D eigenvalue weighted by molar-refractivity contribution is -0.119. The highest BCUT2D eigenvalue weighted by atomic mass is 16.1. The van der Waals surface area contributed by atoms with Crippen molar-refractivity contribution in [2.24, 2.45) is 11.8 Å². The molecule has 2 aliphatic carbocycles. The molecule has 0 radical (unpaired) electrons. The van der Waals surface area contributed by atoms with Crippen molar-refractivity contribution in [1.29, 1.82) is 0 Å². The third-order valence-electron chi connectivity index (χ3n) is 2.62. The van der Waals surface area contributed by atoms with Gasteiger partial charge in [-0.15, -0.1) is 0 Å². The SMILES string of the molecule is CC(C)=C1C2C=CC1C(=O)C2. The first-order valence-corrected chi connectivity index (χ1v) is 4.08. The van der Waals surface area contributed by atoms with Gasteiger partial charge >= 0.3 is 0 Å². The topological polar surface area (TPSA) is 17.1 Å². The third-order valence-corrected chi connectivity index (χ3v) is 2.62. The predicted octanol–water partition coefficient (Wildman–Crippen LogP) is 2.10. The summed E-state index contributed by atoms with van der Waals surface area (Å²) in [6, 6.07) is 0. The molecule has 0 spiro atoms. The molecule has 1 saturated carbocycles. The van der Waals surface area contributed by atoms with Gasteiger partial charge in [0.25, 0.3) is 0 Å². The van der Waals surface area contributed by atoms with E-state index in [1.54, 1.807) is 0 Å². The smallest absolute Gasteiger partial charge is 0.144 e. The molecule has 0 aromatic heterocycles. The zero-order chi connectivity index (χ0) is 8.01. The minimum Gasteiger partial charge on any atom is -0.299 e. The summed E-state index contributed by atoms with van der Waals surface area (Å²) in [5.74, 6) is 1.02. The van der Waals surface area contributed by atoms with Gasteiger partial charge in [-0.2, -0.15) is 0 Å². The average Bonchev–Trinajstić information content (AvgIpc) is 2.41. The van der Waals surface area contributed by atoms with Crippen LogP contribution in [-0.4, -0.2) is 5.78 Å². The molecular formula is C10H12O. The molecule has 1 fully saturated rings. The molecule has 2 aliphatic rings. The molecule has 58 valence electrons. The molecule has 2 unspecified atom stereocenters. The molecule has 1 nitrogen and oxygen atoms in total. The molecule has 0 aromatic carbocycles. The van der Waals surface area contributed by atoms with E-state index in [-0.39, 0.29) is 5.92 Å². The number of fused-ring (bicyclic) bond motifs is 2. The van der Waals surface area contributed by atoms with Gasteiger partial charge < -0.3 is 0 Å². The van der Waals surface area contributed by atoms with E-state index in [0.717, 1.165) is 6.42 Å². The summed E-state index contributed by atoms with van der Waals surface area (Å²) in [7, 11) is 0. The van der Waals surface area contributed by atoms with Crippen molar-refractivity contribution in [2.75, 3.05) is 0 Å². The highest BCUT2D eigenvalue weighted by Gasteiger charge is 2.39. The summed E-state index contributed by atoms with van der Waals surface area (Å²) < 4.78 is 0. The lowest BCUT2D eigenvalue weighted by Crippen LogP contribution is -2.04. The molecule has 0 aromatic rings. The number of carbonyl (C=O) groups excluding carboxylic acids is 1. The fraction of sp³-hybridized carbons (Fsp3) is 0.500. The summed E-state index contributed by atoms with van der Waals surface area (Å²) in [6.07, 6.45) is 4.98. The normalized spacial score (nSPS) is 33.6. The standard InChI is InChI=1S/C10H12O/c1-6(2)10-7-3-4-8(10)9(11)5-7/h3-4,7-8H,5H2,1-2H3. The molecule has 2 rings (SSSR count). The van der Waals surface area contributed by atoms with E-state index >= 15 is 0 Å². The Morgan fingerprint density at radius 1 is 1.45 bits per heavy atom. The average molecular weight is 148 g/mol. The van der Waals surface area contributed by atoms with Crippen LogP contribution in [-0.2, 0) is 4.79 Å². The van der Waals surface area contributed by atoms with E-state index in [0.29, 0.717) is 11.7 Å². The van der Waals surface area contributed by atoms with Gasteiger partial charge in [-0.3, -0.25) is 4.79 Å². The number of carbonyl (C=O) groups is 1. The van der Waals surface area contributed by atoms with Gasteiger partial charge in [0.05, 0.1) is 5.92 Å². The first kappa shape index (κ1) is 6.84. The summed E-state index contributed by atoms with van der Waals surface area (Å²) in [6.45, 7) is 4.20. The maximum atomic E-state index is 11.3. The van der Waals surface area contributed by atoms with Gasteiger partial charge in [-0.25, -0.2) is 0 Å². The fourth-order valence-corrected chi connectivity index (χ4v) is 2.17. The Morgan fingerprint density at radius 3 is 2.45 bits per heavy atom. The van der Waals surface area contributed by atoms with Gasteiger partial charge in [0, 0.05) is 12.3 Å². The number of ketones is 1. The summed E-state index contributed by atoms with van der Waals surface area (Å²) in [4.78, 5) is 11.3. The second kappa shape index (κ2) is 2.07. The van der Waals surface area contributed by atoms with Crippen LogP contribution in [0, 0.1) is 11.8 Å². The molecular weight excluding hydrogens is 136 g/mol. The highest BCUT2D eigenvalue weighted by molar-refractivity contribution is 5.91. The maximum absolute atomic E-state index is 11.3. The monoisotopic (exact) mass is 148 g/mol. The Balaban J connectivity index is 2.46. The molecule has 1 heteroatoms. The van der Waals surface area contributed by atoms with E-state index in [1.807, 2.05) is 0 Å². The quantitative estimate of drug-likeness (QED) is 0.481. The van der Waals surface area contributed by atoms with Crippen LogP contribution in [0.2, 0.25) is 0 Å². The Labute approximate surface area is 66.8 Å². The van der Waals surface area contributed by atoms with Crippen molar-refractivity contribution < 1.29 is 4.79 Å². The third kappa shape index (κ3) is 0.802. The van der Waals surface area contributed by atoms with E-state index in [2.05, 4.69) is 26.0 Å². The van der Waals surface area contributed by atoms with Crippen LogP contribution >= 0.6 is 0 Å². The van der Waals surface area contributed by atoms with Gasteiger partial charge in [-0.05, 0) is 19.4 Å². The number of hydrogen-bond acceptors (Lipinski definition) is 1.